The van der Waals surface area contributed by atoms with Gasteiger partial charge in [0.15, 0.2) is 29.9 Å². The number of methoxy groups -OCH3 is 2. The van der Waals surface area contributed by atoms with Crippen molar-refractivity contribution in [3.63, 3.8) is 0 Å². The number of carbonyl (C=O) groups is 6. The van der Waals surface area contributed by atoms with Gasteiger partial charge in [-0.05, 0) is 104 Å². The van der Waals surface area contributed by atoms with Crippen LogP contribution in [0, 0.1) is 51.0 Å². The molecule has 107 heavy (non-hydrogen) atoms. The van der Waals surface area contributed by atoms with E-state index in [0.29, 0.717) is 148 Å². The molecular formula is C75H92F4N12O16. The summed E-state index contributed by atoms with van der Waals surface area (Å²) < 4.78 is 104. The number of aryl methyl sites for hydroxylation is 2. The Morgan fingerprint density at radius 3 is 1.43 bits per heavy atom. The maximum Gasteiger partial charge on any atom is 0.414 e. The molecule has 32 heteroatoms. The molecule has 8 aliphatic rings. The Balaban J connectivity index is 0.000000168. The Morgan fingerprint density at radius 2 is 1.03 bits per heavy atom. The van der Waals surface area contributed by atoms with Crippen LogP contribution in [0.1, 0.15) is 109 Å². The molecule has 4 aromatic carbocycles. The topological polar surface area (TPSA) is 290 Å². The molecule has 576 valence electrons. The maximum atomic E-state index is 16.4. The van der Waals surface area contributed by atoms with Gasteiger partial charge in [-0.25, -0.2) is 36.7 Å². The molecule has 4 N–H and O–H groups in total. The van der Waals surface area contributed by atoms with Crippen LogP contribution in [0.4, 0.5) is 61.3 Å². The average Bonchev–Trinajstić information content (AvgIpc) is 1.70. The molecule has 0 bridgehead atoms. The molecule has 6 saturated heterocycles. The molecule has 28 nitrogen and oxygen atoms in total. The predicted molar refractivity (Wildman–Crippen MR) is 392 cm³/mol. The van der Waals surface area contributed by atoms with Gasteiger partial charge in [0.2, 0.25) is 22.7 Å². The van der Waals surface area contributed by atoms with Crippen LogP contribution in [0.5, 0.6) is 11.5 Å². The first-order valence-corrected chi connectivity index (χ1v) is 36.2. The Labute approximate surface area is 615 Å². The van der Waals surface area contributed by atoms with Crippen LogP contribution in [-0.2, 0) is 33.3 Å². The van der Waals surface area contributed by atoms with E-state index in [2.05, 4.69) is 16.0 Å². The number of carboxylic acids is 1. The van der Waals surface area contributed by atoms with Gasteiger partial charge in [0.25, 0.3) is 0 Å². The molecule has 2 aliphatic carbocycles. The molecule has 2 unspecified atom stereocenters. The first-order valence-electron chi connectivity index (χ1n) is 36.2. The van der Waals surface area contributed by atoms with Crippen molar-refractivity contribution >= 4 is 91.9 Å². The van der Waals surface area contributed by atoms with Gasteiger partial charge in [0.1, 0.15) is 46.3 Å². The smallest absolute Gasteiger partial charge is 0.414 e. The summed E-state index contributed by atoms with van der Waals surface area (Å²) in [5, 5.41) is 19.1. The number of ether oxygens (including phenoxy) is 7. The Hall–Kier alpha value is -9.92. The number of fused-ring (bicyclic) bond motifs is 2. The number of piperazine rings is 2. The third kappa shape index (κ3) is 15.8. The normalized spacial score (nSPS) is 20.3. The third-order valence-corrected chi connectivity index (χ3v) is 20.8. The Morgan fingerprint density at radius 1 is 0.598 bits per heavy atom. The standard InChI is InChI=1S/C38H46F2N6O8.C21H26FN3O4.C16H20FN3O4/c1-21-17-43(11-10-41-21)34-32(40)22(2)30-33(36(34)51-5)46(25-6-7-25)23(3)31(35(30)48)37(49)53-20-44(24(4)47)18-27-19-45(38(50)54-27)26-8-9-29(28(39)16-26)42-12-14-52-15-13-42;1-10-9-24(8-7-23-10)18-16(22)11(2)14-17(20(18)29-4)25(13-5-6-13)12(3)15(19(14)26)21(27)28;1-11(21)18-9-13-10-20(16(22)24-13)12-2-3-15(14(17)8-12)19-4-6-23-7-5-19/h8-9,16,21,25,27,41H,6-7,10-15,17-20H2,1-5H3;10,13,23H,5-9H2,1-4H3,(H,27,28);2-3,8,13H,4-7,9-10H2,1H3,(H,18,21)/t21?,27-;;13-/m0.0/s1. The summed E-state index contributed by atoms with van der Waals surface area (Å²) in [5.41, 5.74) is 2.36. The highest BCUT2D eigenvalue weighted by molar-refractivity contribution is 6.02. The number of carboxylic acid groups (broad SMARTS) is 1. The molecule has 4 amide bonds. The molecule has 6 aromatic rings. The Bertz CT molecular complexity index is 4600. The average molecular weight is 1490 g/mol. The second kappa shape index (κ2) is 32.3. The van der Waals surface area contributed by atoms with E-state index in [0.717, 1.165) is 25.7 Å². The second-order valence-corrected chi connectivity index (χ2v) is 28.2. The lowest BCUT2D eigenvalue weighted by molar-refractivity contribution is -0.134. The SMILES string of the molecule is CC(=O)NC[C@H]1CN(c2ccc(N3CCOCC3)c(F)c2)C(=O)O1.COc1c(N2CCNC(C)C2)c(F)c(C)c2c(=O)c(C(=O)O)c(C)n(C3CC3)c12.COc1c(N2CCNC(C)C2)c(F)c(C)c2c(=O)c(C(=O)OCN(C[C@H]3CN(c4ccc(N5CCOCC5)c(F)c4)C(=O)O3)C(C)=O)c(C)n(C3CC3)c12. The number of pyridine rings is 2. The summed E-state index contributed by atoms with van der Waals surface area (Å²) >= 11 is 0. The lowest BCUT2D eigenvalue weighted by Gasteiger charge is -2.35. The molecule has 8 heterocycles. The number of anilines is 6. The van der Waals surface area contributed by atoms with Crippen LogP contribution in [0.25, 0.3) is 21.8 Å². The van der Waals surface area contributed by atoms with Gasteiger partial charge in [-0.15, -0.1) is 0 Å². The van der Waals surface area contributed by atoms with Gasteiger partial charge in [-0.2, -0.15) is 0 Å². The number of nitrogens with one attached hydrogen (secondary N) is 3. The van der Waals surface area contributed by atoms with Crippen molar-refractivity contribution in [1.29, 1.82) is 0 Å². The Kier molecular flexibility index (Phi) is 23.1. The third-order valence-electron chi connectivity index (χ3n) is 20.8. The van der Waals surface area contributed by atoms with Crippen molar-refractivity contribution < 1.29 is 84.6 Å². The van der Waals surface area contributed by atoms with E-state index < -0.39 is 77.3 Å². The minimum absolute atomic E-state index is 0.0181. The van der Waals surface area contributed by atoms with Crippen LogP contribution in [0.3, 0.4) is 0 Å². The summed E-state index contributed by atoms with van der Waals surface area (Å²) in [6.45, 7) is 21.2. The number of rotatable bonds is 18. The number of cyclic esters (lactones) is 2. The highest BCUT2D eigenvalue weighted by Gasteiger charge is 2.41. The van der Waals surface area contributed by atoms with Gasteiger partial charge in [0, 0.05) is 126 Å². The number of nitrogens with zero attached hydrogens (tertiary/aromatic N) is 9. The highest BCUT2D eigenvalue weighted by atomic mass is 19.1. The van der Waals surface area contributed by atoms with E-state index in [-0.39, 0.29) is 107 Å². The lowest BCUT2D eigenvalue weighted by Crippen LogP contribution is -2.49. The molecule has 2 aromatic heterocycles. The zero-order valence-electron chi connectivity index (χ0n) is 61.8. The van der Waals surface area contributed by atoms with Crippen LogP contribution in [-0.4, -0.2) is 218 Å². The first kappa shape index (κ1) is 76.7. The van der Waals surface area contributed by atoms with Crippen LogP contribution in [0.2, 0.25) is 0 Å². The van der Waals surface area contributed by atoms with E-state index in [1.807, 2.05) is 42.6 Å². The molecule has 14 rings (SSSR count). The monoisotopic (exact) mass is 1490 g/mol. The van der Waals surface area contributed by atoms with Crippen LogP contribution < -0.4 is 65.7 Å². The van der Waals surface area contributed by atoms with E-state index >= 15 is 13.2 Å². The summed E-state index contributed by atoms with van der Waals surface area (Å²) in [6, 6.07) is 9.59. The number of aromatic carboxylic acids is 1. The summed E-state index contributed by atoms with van der Waals surface area (Å²) in [6.07, 6.45) is 0.864. The zero-order valence-corrected chi connectivity index (χ0v) is 61.8. The lowest BCUT2D eigenvalue weighted by atomic mass is 10.00. The molecule has 4 atom stereocenters. The summed E-state index contributed by atoms with van der Waals surface area (Å²) in [4.78, 5) is 113. The summed E-state index contributed by atoms with van der Waals surface area (Å²) in [7, 11) is 2.93. The van der Waals surface area contributed by atoms with E-state index in [9.17, 15) is 47.9 Å². The van der Waals surface area contributed by atoms with Gasteiger partial charge in [0.05, 0.1) is 111 Å². The number of amides is 4. The minimum atomic E-state index is -1.29. The fraction of sp³-hybridized carbons (Fsp3) is 0.520. The molecule has 6 aliphatic heterocycles. The number of halogens is 4. The van der Waals surface area contributed by atoms with Gasteiger partial charge >= 0.3 is 24.1 Å². The number of carbonyl (C=O) groups excluding carboxylic acids is 5. The van der Waals surface area contributed by atoms with E-state index in [1.165, 1.54) is 61.8 Å². The minimum Gasteiger partial charge on any atom is -0.492 e. The van der Waals surface area contributed by atoms with E-state index in [1.54, 1.807) is 45.0 Å². The van der Waals surface area contributed by atoms with Crippen molar-refractivity contribution in [3.8, 4) is 11.5 Å². The van der Waals surface area contributed by atoms with Gasteiger partial charge in [-0.3, -0.25) is 29.0 Å². The quantitative estimate of drug-likeness (QED) is 0.0279. The van der Waals surface area contributed by atoms with Crippen LogP contribution in [0.15, 0.2) is 46.0 Å². The zero-order chi connectivity index (χ0) is 76.6. The fourth-order valence-corrected chi connectivity index (χ4v) is 15.1. The fourth-order valence-electron chi connectivity index (χ4n) is 15.1. The van der Waals surface area contributed by atoms with Crippen molar-refractivity contribution in [2.75, 3.05) is 168 Å². The molecule has 8 fully saturated rings. The largest absolute Gasteiger partial charge is 0.492 e. The van der Waals surface area contributed by atoms with Crippen LogP contribution >= 0.6 is 0 Å². The van der Waals surface area contributed by atoms with E-state index in [4.69, 9.17) is 33.2 Å². The van der Waals surface area contributed by atoms with Gasteiger partial charge in [-0.1, -0.05) is 0 Å². The molecule has 0 spiro atoms. The van der Waals surface area contributed by atoms with Crippen molar-refractivity contribution in [2.24, 2.45) is 0 Å². The first-order chi connectivity index (χ1) is 51.2. The van der Waals surface area contributed by atoms with Crippen molar-refractivity contribution in [2.45, 2.75) is 117 Å². The number of esters is 1. The molecule has 0 radical (unpaired) electrons. The molecule has 2 saturated carbocycles. The van der Waals surface area contributed by atoms with Crippen molar-refractivity contribution in [3.05, 3.63) is 114 Å². The van der Waals surface area contributed by atoms with Gasteiger partial charge < -0.3 is 87.8 Å². The number of benzene rings is 4. The number of morpholine rings is 2. The number of hydrogen-bond acceptors (Lipinski definition) is 21. The second-order valence-electron chi connectivity index (χ2n) is 28.2. The summed E-state index contributed by atoms with van der Waals surface area (Å²) in [5.74, 6) is -4.35. The number of aromatic nitrogens is 2. The maximum absolute atomic E-state index is 16.4. The molecular weight excluding hydrogens is 1400 g/mol. The predicted octanol–water partition coefficient (Wildman–Crippen LogP) is 7.58. The van der Waals surface area contributed by atoms with Crippen molar-refractivity contribution in [1.82, 2.24) is 30.0 Å². The highest BCUT2D eigenvalue weighted by Crippen LogP contribution is 2.48. The number of hydrogen-bond donors (Lipinski definition) is 4.